The Morgan fingerprint density at radius 2 is 1.43 bits per heavy atom. The van der Waals surface area contributed by atoms with Gasteiger partial charge in [-0.05, 0) is 54.0 Å². The van der Waals surface area contributed by atoms with Gasteiger partial charge < -0.3 is 0 Å². The molecule has 0 aliphatic heterocycles. The molecule has 0 unspecified atom stereocenters. The lowest BCUT2D eigenvalue weighted by molar-refractivity contribution is 2.05. The van der Waals surface area contributed by atoms with Crippen molar-refractivity contribution in [3.63, 3.8) is 0 Å². The van der Waals surface area contributed by atoms with Gasteiger partial charge in [0.25, 0.3) is 0 Å². The van der Waals surface area contributed by atoms with Crippen molar-refractivity contribution in [2.75, 3.05) is 6.26 Å². The standard InChI is InChI=1S/C2H3Br3S.B/c1-6-2(3,4)5;/h1H3;. The quantitative estimate of drug-likeness (QED) is 0.490. The van der Waals surface area contributed by atoms with Crippen molar-refractivity contribution in [3.05, 3.63) is 0 Å². The van der Waals surface area contributed by atoms with Crippen molar-refractivity contribution >= 4 is 68.0 Å². The van der Waals surface area contributed by atoms with Crippen molar-refractivity contribution < 1.29 is 0 Å². The van der Waals surface area contributed by atoms with E-state index in [0.29, 0.717) is 0 Å². The van der Waals surface area contributed by atoms with Crippen LogP contribution in [-0.4, -0.2) is 16.1 Å². The molecule has 0 N–H and O–H groups in total. The number of hydrogen-bond donors (Lipinski definition) is 0. The van der Waals surface area contributed by atoms with Crippen LogP contribution in [0.15, 0.2) is 0 Å². The van der Waals surface area contributed by atoms with Crippen LogP contribution in [0.4, 0.5) is 0 Å². The molecule has 3 radical (unpaired) electrons. The van der Waals surface area contributed by atoms with Gasteiger partial charge in [0.2, 0.25) is 0 Å². The molecule has 0 aliphatic rings. The minimum absolute atomic E-state index is 0. The molecule has 0 bridgehead atoms. The van der Waals surface area contributed by atoms with Gasteiger partial charge in [0, 0.05) is 8.41 Å². The zero-order valence-electron chi connectivity index (χ0n) is 3.62. The Bertz CT molecular complexity index is 42.7. The summed E-state index contributed by atoms with van der Waals surface area (Å²) in [5.74, 6) is 0. The molecule has 0 aromatic carbocycles. The van der Waals surface area contributed by atoms with Gasteiger partial charge in [0.15, 0.2) is 1.47 Å². The highest BCUT2D eigenvalue weighted by atomic mass is 80.0. The average Bonchev–Trinajstić information content (AvgIpc) is 1.35. The van der Waals surface area contributed by atoms with Crippen molar-refractivity contribution in [2.24, 2.45) is 0 Å². The van der Waals surface area contributed by atoms with Crippen LogP contribution in [-0.2, 0) is 0 Å². The third-order valence-corrected chi connectivity index (χ3v) is 3.61. The fourth-order valence-electron chi connectivity index (χ4n) is 0. The monoisotopic (exact) mass is 307 g/mol. The summed E-state index contributed by atoms with van der Waals surface area (Å²) in [6.45, 7) is 0. The van der Waals surface area contributed by atoms with E-state index in [9.17, 15) is 0 Å². The molecule has 0 aromatic rings. The molecule has 0 saturated carbocycles. The molecule has 0 amide bonds. The normalized spacial score (nSPS) is 10.3. The molecular weight excluding hydrogens is 307 g/mol. The smallest absolute Gasteiger partial charge is 0.124 e. The van der Waals surface area contributed by atoms with Crippen molar-refractivity contribution in [1.82, 2.24) is 0 Å². The summed E-state index contributed by atoms with van der Waals surface area (Å²) in [6.07, 6.45) is 1.98. The Hall–Kier alpha value is 1.85. The molecule has 0 spiro atoms. The minimum Gasteiger partial charge on any atom is -0.124 e. The fraction of sp³-hybridized carbons (Fsp3) is 1.00. The largest absolute Gasteiger partial charge is 0.180 e. The second-order valence-electron chi connectivity index (χ2n) is 0.650. The van der Waals surface area contributed by atoms with Crippen molar-refractivity contribution in [3.8, 4) is 0 Å². The second kappa shape index (κ2) is 4.71. The topological polar surface area (TPSA) is 0 Å². The molecule has 0 aliphatic carbocycles. The number of halogens is 3. The van der Waals surface area contributed by atoms with Crippen LogP contribution < -0.4 is 0 Å². The summed E-state index contributed by atoms with van der Waals surface area (Å²) in [7, 11) is 0. The van der Waals surface area contributed by atoms with Gasteiger partial charge in [0.05, 0.1) is 0 Å². The molecule has 5 heteroatoms. The average molecular weight is 310 g/mol. The maximum absolute atomic E-state index is 3.27. The van der Waals surface area contributed by atoms with Crippen molar-refractivity contribution in [1.29, 1.82) is 0 Å². The highest BCUT2D eigenvalue weighted by Crippen LogP contribution is 2.42. The Labute approximate surface area is 75.2 Å². The summed E-state index contributed by atoms with van der Waals surface area (Å²) in [5, 5.41) is 0. The Kier molecular flexibility index (Phi) is 7.82. The second-order valence-corrected chi connectivity index (χ2v) is 10.0. The molecule has 0 rings (SSSR count). The van der Waals surface area contributed by atoms with Gasteiger partial charge in [-0.25, -0.2) is 0 Å². The van der Waals surface area contributed by atoms with Crippen LogP contribution in [0.25, 0.3) is 0 Å². The van der Waals surface area contributed by atoms with Crippen LogP contribution >= 0.6 is 59.6 Å². The lowest BCUT2D eigenvalue weighted by atomic mass is 10.8. The lowest BCUT2D eigenvalue weighted by Gasteiger charge is -2.03. The van der Waals surface area contributed by atoms with E-state index < -0.39 is 0 Å². The molecule has 0 fully saturated rings. The molecule has 7 heavy (non-hydrogen) atoms. The number of rotatable bonds is 0. The zero-order valence-corrected chi connectivity index (χ0v) is 9.19. The van der Waals surface area contributed by atoms with E-state index in [1.807, 2.05) is 6.26 Å². The van der Waals surface area contributed by atoms with Crippen LogP contribution in [0.1, 0.15) is 0 Å². The maximum atomic E-state index is 3.27. The van der Waals surface area contributed by atoms with Gasteiger partial charge >= 0.3 is 0 Å². The van der Waals surface area contributed by atoms with E-state index in [0.717, 1.165) is 0 Å². The van der Waals surface area contributed by atoms with Crippen LogP contribution in [0.2, 0.25) is 0 Å². The first kappa shape index (κ1) is 11.6. The summed E-state index contributed by atoms with van der Waals surface area (Å²) in [5.41, 5.74) is 0. The summed E-state index contributed by atoms with van der Waals surface area (Å²) >= 11 is 11.5. The predicted molar refractivity (Wildman–Crippen MR) is 48.8 cm³/mol. The number of thioether (sulfide) groups is 1. The summed E-state index contributed by atoms with van der Waals surface area (Å²) in [6, 6.07) is 0. The van der Waals surface area contributed by atoms with Gasteiger partial charge in [-0.15, -0.1) is 11.8 Å². The highest BCUT2D eigenvalue weighted by molar-refractivity contribution is 9.42. The Morgan fingerprint density at radius 3 is 1.43 bits per heavy atom. The molecule has 0 saturated heterocycles. The Morgan fingerprint density at radius 1 is 1.29 bits per heavy atom. The first-order valence-corrected chi connectivity index (χ1v) is 4.78. The van der Waals surface area contributed by atoms with Gasteiger partial charge in [-0.3, -0.25) is 0 Å². The first-order valence-electron chi connectivity index (χ1n) is 1.18. The molecule has 0 atom stereocenters. The maximum Gasteiger partial charge on any atom is 0.180 e. The third kappa shape index (κ3) is 11.4. The van der Waals surface area contributed by atoms with E-state index in [1.54, 1.807) is 11.8 Å². The van der Waals surface area contributed by atoms with Crippen LogP contribution in [0.3, 0.4) is 0 Å². The highest BCUT2D eigenvalue weighted by Gasteiger charge is 2.13. The lowest BCUT2D eigenvalue weighted by Crippen LogP contribution is -1.85. The molecular formula is C2H3BBr3S. The summed E-state index contributed by atoms with van der Waals surface area (Å²) in [4.78, 5) is 0. The molecule has 0 heterocycles. The Balaban J connectivity index is 0. The molecule has 0 nitrogen and oxygen atoms in total. The fourth-order valence-corrected chi connectivity index (χ4v) is 0. The third-order valence-electron chi connectivity index (χ3n) is 0.231. The predicted octanol–water partition coefficient (Wildman–Crippen LogP) is 2.76. The molecule has 0 aromatic heterocycles. The minimum atomic E-state index is -0.104. The zero-order chi connectivity index (χ0) is 5.21. The van der Waals surface area contributed by atoms with Gasteiger partial charge in [-0.2, -0.15) is 0 Å². The van der Waals surface area contributed by atoms with Gasteiger partial charge in [-0.1, -0.05) is 0 Å². The van der Waals surface area contributed by atoms with E-state index in [-0.39, 0.29) is 9.89 Å². The summed E-state index contributed by atoms with van der Waals surface area (Å²) < 4.78 is -0.104. The number of hydrogen-bond acceptors (Lipinski definition) is 1. The SMILES string of the molecule is CSC(Br)(Br)Br.[B]. The van der Waals surface area contributed by atoms with E-state index in [1.165, 1.54) is 0 Å². The first-order chi connectivity index (χ1) is 2.56. The van der Waals surface area contributed by atoms with E-state index in [2.05, 4.69) is 47.8 Å². The van der Waals surface area contributed by atoms with Crippen molar-refractivity contribution in [2.45, 2.75) is 1.47 Å². The van der Waals surface area contributed by atoms with E-state index in [4.69, 9.17) is 0 Å². The van der Waals surface area contributed by atoms with Crippen LogP contribution in [0.5, 0.6) is 0 Å². The van der Waals surface area contributed by atoms with Crippen LogP contribution in [0, 0.1) is 0 Å². The molecule has 41 valence electrons. The van der Waals surface area contributed by atoms with E-state index >= 15 is 0 Å². The number of alkyl halides is 3. The van der Waals surface area contributed by atoms with Gasteiger partial charge in [0.1, 0.15) is 0 Å².